The molecule has 9 nitrogen and oxygen atoms in total. The summed E-state index contributed by atoms with van der Waals surface area (Å²) in [5.41, 5.74) is 2.49. The fourth-order valence-electron chi connectivity index (χ4n) is 4.44. The molecule has 0 radical (unpaired) electrons. The molecule has 0 unspecified atom stereocenters. The molecule has 10 heteroatoms. The van der Waals surface area contributed by atoms with Gasteiger partial charge in [0.1, 0.15) is 17.2 Å². The first-order valence-electron chi connectivity index (χ1n) is 11.0. The summed E-state index contributed by atoms with van der Waals surface area (Å²) in [6, 6.07) is 5.14. The maximum atomic E-state index is 12.7. The fourth-order valence-corrected chi connectivity index (χ4v) is 5.16. The number of phenolic OH excluding ortho intramolecular Hbond substituents is 1. The number of aromatic hydroxyl groups is 1. The molecule has 0 bridgehead atoms. The first-order chi connectivity index (χ1) is 15.8. The summed E-state index contributed by atoms with van der Waals surface area (Å²) < 4.78 is 1.62. The van der Waals surface area contributed by atoms with Crippen LogP contribution in [0.4, 0.5) is 16.6 Å². The van der Waals surface area contributed by atoms with Gasteiger partial charge in [-0.15, -0.1) is 0 Å². The number of likely N-dealkylation sites (tertiary alicyclic amines) is 1. The molecule has 1 saturated carbocycles. The van der Waals surface area contributed by atoms with Crippen molar-refractivity contribution in [3.63, 3.8) is 0 Å². The number of rotatable bonds is 6. The Morgan fingerprint density at radius 1 is 1.21 bits per heavy atom. The number of hydrogen-bond acceptors (Lipinski definition) is 7. The van der Waals surface area contributed by atoms with Crippen LogP contribution in [0.15, 0.2) is 30.6 Å². The Bertz CT molecular complexity index is 1220. The van der Waals surface area contributed by atoms with E-state index in [0.29, 0.717) is 32.5 Å². The monoisotopic (exact) mass is 466 g/mol. The lowest BCUT2D eigenvalue weighted by Gasteiger charge is -2.55. The summed E-state index contributed by atoms with van der Waals surface area (Å²) in [7, 11) is 0. The number of nitrogens with one attached hydrogen (secondary N) is 2. The Balaban J connectivity index is 1.17. The van der Waals surface area contributed by atoms with Crippen molar-refractivity contribution in [3.8, 4) is 5.75 Å². The maximum Gasteiger partial charge on any atom is 0.267 e. The van der Waals surface area contributed by atoms with Crippen molar-refractivity contribution in [1.82, 2.24) is 19.7 Å². The zero-order chi connectivity index (χ0) is 23.2. The second kappa shape index (κ2) is 8.18. The van der Waals surface area contributed by atoms with Gasteiger partial charge in [-0.3, -0.25) is 14.3 Å². The van der Waals surface area contributed by atoms with Gasteiger partial charge < -0.3 is 20.6 Å². The van der Waals surface area contributed by atoms with Crippen molar-refractivity contribution in [2.45, 2.75) is 39.7 Å². The summed E-state index contributed by atoms with van der Waals surface area (Å²) in [6.45, 7) is 5.60. The maximum absolute atomic E-state index is 12.7. The van der Waals surface area contributed by atoms with E-state index < -0.39 is 0 Å². The summed E-state index contributed by atoms with van der Waals surface area (Å²) in [6.07, 6.45) is 7.02. The normalized spacial score (nSPS) is 16.2. The number of hydrogen-bond donors (Lipinski definition) is 3. The minimum absolute atomic E-state index is 0.0907. The molecule has 1 aliphatic carbocycles. The average Bonchev–Trinajstić information content (AvgIpc) is 3.36. The Morgan fingerprint density at radius 3 is 2.73 bits per heavy atom. The van der Waals surface area contributed by atoms with Crippen molar-refractivity contribution in [2.75, 3.05) is 23.7 Å². The highest BCUT2D eigenvalue weighted by atomic mass is 32.1. The van der Waals surface area contributed by atoms with Crippen LogP contribution in [0.5, 0.6) is 5.75 Å². The summed E-state index contributed by atoms with van der Waals surface area (Å²) in [5.74, 6) is 0.483. The SMILES string of the molecule is Cc1ccc(O)c(C)c1NC(=O)c1cnc(Nc2ccn(CC(=O)N3CC4(CCC4)C3)n2)s1. The number of amides is 2. The van der Waals surface area contributed by atoms with Gasteiger partial charge in [-0.2, -0.15) is 5.10 Å². The van der Waals surface area contributed by atoms with Crippen LogP contribution in [0.2, 0.25) is 0 Å². The highest BCUT2D eigenvalue weighted by molar-refractivity contribution is 7.17. The third-order valence-electron chi connectivity index (χ3n) is 6.61. The molecule has 33 heavy (non-hydrogen) atoms. The number of nitrogens with zero attached hydrogens (tertiary/aromatic N) is 4. The van der Waals surface area contributed by atoms with E-state index in [0.717, 1.165) is 18.7 Å². The molecule has 172 valence electrons. The van der Waals surface area contributed by atoms with Crippen LogP contribution in [-0.4, -0.2) is 49.7 Å². The molecule has 2 aliphatic rings. The fraction of sp³-hybridized carbons (Fsp3) is 0.391. The standard InChI is InChI=1S/C23H26N6O3S/c1-14-4-5-16(30)15(2)20(14)26-21(32)17-10-24-22(33-17)25-18-6-9-29(27-18)11-19(31)28-12-23(13-28)7-3-8-23/h4-6,9-10,30H,3,7-8,11-13H2,1-2H3,(H,26,32)(H,24,25,27). The van der Waals surface area contributed by atoms with Crippen LogP contribution in [0, 0.1) is 19.3 Å². The first kappa shape index (κ1) is 21.4. The average molecular weight is 467 g/mol. The summed E-state index contributed by atoms with van der Waals surface area (Å²) in [4.78, 5) is 31.7. The molecule has 2 aromatic heterocycles. The van der Waals surface area contributed by atoms with E-state index in [1.165, 1.54) is 36.8 Å². The van der Waals surface area contributed by atoms with Crippen LogP contribution in [0.1, 0.15) is 40.1 Å². The van der Waals surface area contributed by atoms with E-state index in [-0.39, 0.29) is 24.1 Å². The molecule has 1 aliphatic heterocycles. The Kier molecular flexibility index (Phi) is 5.32. The molecule has 1 spiro atoms. The van der Waals surface area contributed by atoms with Gasteiger partial charge in [0.2, 0.25) is 5.91 Å². The van der Waals surface area contributed by atoms with Gasteiger partial charge in [0.15, 0.2) is 10.9 Å². The molecular weight excluding hydrogens is 440 g/mol. The van der Waals surface area contributed by atoms with E-state index >= 15 is 0 Å². The van der Waals surface area contributed by atoms with Crippen LogP contribution >= 0.6 is 11.3 Å². The van der Waals surface area contributed by atoms with Gasteiger partial charge in [0.25, 0.3) is 5.91 Å². The molecule has 1 aromatic carbocycles. The van der Waals surface area contributed by atoms with Crippen molar-refractivity contribution in [1.29, 1.82) is 0 Å². The molecule has 3 aromatic rings. The minimum atomic E-state index is -0.299. The molecule has 2 amide bonds. The second-order valence-electron chi connectivity index (χ2n) is 9.01. The lowest BCUT2D eigenvalue weighted by Crippen LogP contribution is -2.61. The van der Waals surface area contributed by atoms with E-state index in [4.69, 9.17) is 0 Å². The number of carbonyl (C=O) groups excluding carboxylic acids is 2. The quantitative estimate of drug-likeness (QED) is 0.511. The van der Waals surface area contributed by atoms with Crippen LogP contribution < -0.4 is 10.6 Å². The summed E-state index contributed by atoms with van der Waals surface area (Å²) in [5, 5.41) is 20.8. The third-order valence-corrected chi connectivity index (χ3v) is 7.52. The number of anilines is 3. The minimum Gasteiger partial charge on any atom is -0.508 e. The Labute approximate surface area is 195 Å². The number of aryl methyl sites for hydroxylation is 1. The number of phenols is 1. The smallest absolute Gasteiger partial charge is 0.267 e. The molecule has 5 rings (SSSR count). The first-order valence-corrected chi connectivity index (χ1v) is 11.8. The van der Waals surface area contributed by atoms with Gasteiger partial charge >= 0.3 is 0 Å². The van der Waals surface area contributed by atoms with Crippen molar-refractivity contribution in [3.05, 3.63) is 46.6 Å². The summed E-state index contributed by atoms with van der Waals surface area (Å²) >= 11 is 1.20. The highest BCUT2D eigenvalue weighted by Crippen LogP contribution is 2.48. The molecule has 3 heterocycles. The molecular formula is C23H26N6O3S. The molecule has 2 fully saturated rings. The second-order valence-corrected chi connectivity index (χ2v) is 10.0. The van der Waals surface area contributed by atoms with Crippen LogP contribution in [0.3, 0.4) is 0 Å². The molecule has 0 atom stereocenters. The lowest BCUT2D eigenvalue weighted by molar-refractivity contribution is -0.150. The number of carbonyl (C=O) groups is 2. The highest BCUT2D eigenvalue weighted by Gasteiger charge is 2.48. The Morgan fingerprint density at radius 2 is 2.00 bits per heavy atom. The lowest BCUT2D eigenvalue weighted by atomic mass is 9.63. The third kappa shape index (κ3) is 4.18. The van der Waals surface area contributed by atoms with Gasteiger partial charge in [-0.25, -0.2) is 4.98 Å². The topological polar surface area (TPSA) is 112 Å². The largest absolute Gasteiger partial charge is 0.508 e. The Hall–Kier alpha value is -3.40. The van der Waals surface area contributed by atoms with Gasteiger partial charge in [-0.05, 0) is 38.3 Å². The van der Waals surface area contributed by atoms with Crippen LogP contribution in [0.25, 0.3) is 0 Å². The van der Waals surface area contributed by atoms with Crippen LogP contribution in [-0.2, 0) is 11.3 Å². The van der Waals surface area contributed by atoms with E-state index in [2.05, 4.69) is 20.7 Å². The van der Waals surface area contributed by atoms with E-state index in [1.54, 1.807) is 36.0 Å². The molecule has 1 saturated heterocycles. The predicted molar refractivity (Wildman–Crippen MR) is 126 cm³/mol. The van der Waals surface area contributed by atoms with Crippen molar-refractivity contribution in [2.24, 2.45) is 5.41 Å². The zero-order valence-corrected chi connectivity index (χ0v) is 19.4. The van der Waals surface area contributed by atoms with Crippen molar-refractivity contribution >= 4 is 39.8 Å². The predicted octanol–water partition coefficient (Wildman–Crippen LogP) is 3.67. The number of thiazole rings is 1. The van der Waals surface area contributed by atoms with Gasteiger partial charge in [0, 0.05) is 36.3 Å². The number of benzene rings is 1. The van der Waals surface area contributed by atoms with Crippen molar-refractivity contribution < 1.29 is 14.7 Å². The number of aromatic nitrogens is 3. The molecule has 3 N–H and O–H groups in total. The zero-order valence-electron chi connectivity index (χ0n) is 18.6. The van der Waals surface area contributed by atoms with E-state index in [1.807, 2.05) is 11.8 Å². The van der Waals surface area contributed by atoms with Gasteiger partial charge in [-0.1, -0.05) is 23.8 Å². The van der Waals surface area contributed by atoms with E-state index in [9.17, 15) is 14.7 Å². The van der Waals surface area contributed by atoms with Gasteiger partial charge in [0.05, 0.1) is 11.9 Å².